The van der Waals surface area contributed by atoms with Gasteiger partial charge in [-0.15, -0.1) is 0 Å². The smallest absolute Gasteiger partial charge is 0.0413 e. The van der Waals surface area contributed by atoms with Crippen LogP contribution in [0.4, 0.5) is 5.69 Å². The lowest BCUT2D eigenvalue weighted by Gasteiger charge is -2.38. The molecule has 1 aromatic carbocycles. The third-order valence-electron chi connectivity index (χ3n) is 4.67. The minimum atomic E-state index is 0.652. The SMILES string of the molecule is CN(C)C1CCCN(c2ccc(Cl)cc2CNC2CC2)C1. The Kier molecular flexibility index (Phi) is 4.72. The van der Waals surface area contributed by atoms with Crippen molar-refractivity contribution >= 4 is 17.3 Å². The number of anilines is 1. The molecule has 116 valence electrons. The number of benzene rings is 1. The largest absolute Gasteiger partial charge is 0.370 e. The summed E-state index contributed by atoms with van der Waals surface area (Å²) >= 11 is 6.21. The summed E-state index contributed by atoms with van der Waals surface area (Å²) in [6, 6.07) is 7.73. The van der Waals surface area contributed by atoms with E-state index in [-0.39, 0.29) is 0 Å². The molecule has 1 aliphatic heterocycles. The fourth-order valence-corrected chi connectivity index (χ4v) is 3.34. The number of piperidine rings is 1. The summed E-state index contributed by atoms with van der Waals surface area (Å²) in [5, 5.41) is 4.46. The Hall–Kier alpha value is -0.770. The molecule has 0 radical (unpaired) electrons. The standard InChI is InChI=1S/C17H26ClN3/c1-20(2)16-4-3-9-21(12-16)17-8-5-14(18)10-13(17)11-19-15-6-7-15/h5,8,10,15-16,19H,3-4,6-7,9,11-12H2,1-2H3. The first-order valence-electron chi connectivity index (χ1n) is 8.06. The number of rotatable bonds is 5. The quantitative estimate of drug-likeness (QED) is 0.901. The molecule has 1 N–H and O–H groups in total. The number of likely N-dealkylation sites (N-methyl/N-ethyl adjacent to an activating group) is 1. The van der Waals surface area contributed by atoms with Crippen molar-refractivity contribution in [3.05, 3.63) is 28.8 Å². The predicted octanol–water partition coefficient (Wildman–Crippen LogP) is 3.12. The molecule has 1 heterocycles. The Morgan fingerprint density at radius 2 is 2.10 bits per heavy atom. The van der Waals surface area contributed by atoms with E-state index in [0.29, 0.717) is 6.04 Å². The molecule has 1 saturated heterocycles. The highest BCUT2D eigenvalue weighted by molar-refractivity contribution is 6.30. The molecule has 0 aromatic heterocycles. The van der Waals surface area contributed by atoms with Crippen LogP contribution in [-0.4, -0.2) is 44.2 Å². The van der Waals surface area contributed by atoms with Crippen molar-refractivity contribution in [1.82, 2.24) is 10.2 Å². The second kappa shape index (κ2) is 6.55. The molecule has 1 atom stereocenters. The minimum Gasteiger partial charge on any atom is -0.370 e. The van der Waals surface area contributed by atoms with E-state index >= 15 is 0 Å². The molecule has 2 aliphatic rings. The number of nitrogens with zero attached hydrogens (tertiary/aromatic N) is 2. The van der Waals surface area contributed by atoms with Gasteiger partial charge in [0.1, 0.15) is 0 Å². The van der Waals surface area contributed by atoms with Crippen LogP contribution in [0.3, 0.4) is 0 Å². The number of nitrogens with one attached hydrogen (secondary N) is 1. The summed E-state index contributed by atoms with van der Waals surface area (Å²) in [6.45, 7) is 3.21. The summed E-state index contributed by atoms with van der Waals surface area (Å²) in [5.41, 5.74) is 2.70. The average Bonchev–Trinajstić information content (AvgIpc) is 3.29. The number of hydrogen-bond donors (Lipinski definition) is 1. The maximum Gasteiger partial charge on any atom is 0.0413 e. The van der Waals surface area contributed by atoms with E-state index in [1.165, 1.54) is 36.9 Å². The van der Waals surface area contributed by atoms with Crippen LogP contribution >= 0.6 is 11.6 Å². The van der Waals surface area contributed by atoms with Gasteiger partial charge in [0.2, 0.25) is 0 Å². The van der Waals surface area contributed by atoms with Crippen LogP contribution in [-0.2, 0) is 6.54 Å². The molecule has 2 fully saturated rings. The van der Waals surface area contributed by atoms with Crippen molar-refractivity contribution < 1.29 is 0 Å². The van der Waals surface area contributed by atoms with Gasteiger partial charge in [0, 0.05) is 42.4 Å². The zero-order valence-electron chi connectivity index (χ0n) is 13.1. The van der Waals surface area contributed by atoms with Gasteiger partial charge in [-0.25, -0.2) is 0 Å². The summed E-state index contributed by atoms with van der Waals surface area (Å²) < 4.78 is 0. The fraction of sp³-hybridized carbons (Fsp3) is 0.647. The monoisotopic (exact) mass is 307 g/mol. The van der Waals surface area contributed by atoms with Crippen molar-refractivity contribution in [3.63, 3.8) is 0 Å². The first-order valence-corrected chi connectivity index (χ1v) is 8.44. The van der Waals surface area contributed by atoms with Crippen molar-refractivity contribution in [2.24, 2.45) is 0 Å². The summed E-state index contributed by atoms with van der Waals surface area (Å²) in [7, 11) is 4.37. The van der Waals surface area contributed by atoms with Gasteiger partial charge in [-0.3, -0.25) is 0 Å². The number of halogens is 1. The highest BCUT2D eigenvalue weighted by Crippen LogP contribution is 2.29. The molecular formula is C17H26ClN3. The molecule has 0 bridgehead atoms. The van der Waals surface area contributed by atoms with Gasteiger partial charge in [0.05, 0.1) is 0 Å². The van der Waals surface area contributed by atoms with Gasteiger partial charge in [-0.1, -0.05) is 11.6 Å². The molecule has 1 saturated carbocycles. The molecule has 21 heavy (non-hydrogen) atoms. The number of hydrogen-bond acceptors (Lipinski definition) is 3. The summed E-state index contributed by atoms with van der Waals surface area (Å²) in [6.07, 6.45) is 5.21. The highest BCUT2D eigenvalue weighted by Gasteiger charge is 2.24. The third-order valence-corrected chi connectivity index (χ3v) is 4.90. The van der Waals surface area contributed by atoms with E-state index in [9.17, 15) is 0 Å². The first kappa shape index (κ1) is 15.1. The second-order valence-electron chi connectivity index (χ2n) is 6.63. The summed E-state index contributed by atoms with van der Waals surface area (Å²) in [5.74, 6) is 0. The Bertz CT molecular complexity index is 485. The van der Waals surface area contributed by atoms with Crippen molar-refractivity contribution in [1.29, 1.82) is 0 Å². The molecule has 0 amide bonds. The lowest BCUT2D eigenvalue weighted by atomic mass is 10.0. The van der Waals surface area contributed by atoms with Gasteiger partial charge < -0.3 is 15.1 Å². The van der Waals surface area contributed by atoms with E-state index in [1.54, 1.807) is 0 Å². The molecule has 0 spiro atoms. The zero-order valence-corrected chi connectivity index (χ0v) is 13.9. The van der Waals surface area contributed by atoms with Crippen LogP contribution in [0, 0.1) is 0 Å². The Labute approximate surface area is 133 Å². The molecule has 1 unspecified atom stereocenters. The van der Waals surface area contributed by atoms with Crippen LogP contribution in [0.5, 0.6) is 0 Å². The Morgan fingerprint density at radius 1 is 1.29 bits per heavy atom. The zero-order chi connectivity index (χ0) is 14.8. The molecule has 1 aliphatic carbocycles. The fourth-order valence-electron chi connectivity index (χ4n) is 3.14. The van der Waals surface area contributed by atoms with E-state index in [4.69, 9.17) is 11.6 Å². The van der Waals surface area contributed by atoms with E-state index in [0.717, 1.165) is 30.7 Å². The first-order chi connectivity index (χ1) is 10.1. The highest BCUT2D eigenvalue weighted by atomic mass is 35.5. The van der Waals surface area contributed by atoms with Crippen molar-refractivity contribution in [2.75, 3.05) is 32.1 Å². The topological polar surface area (TPSA) is 18.5 Å². The van der Waals surface area contributed by atoms with Gasteiger partial charge in [-0.2, -0.15) is 0 Å². The van der Waals surface area contributed by atoms with Crippen LogP contribution in [0.1, 0.15) is 31.2 Å². The molecule has 4 heteroatoms. The van der Waals surface area contributed by atoms with Crippen LogP contribution in [0.25, 0.3) is 0 Å². The van der Waals surface area contributed by atoms with E-state index < -0.39 is 0 Å². The van der Waals surface area contributed by atoms with Crippen LogP contribution in [0.15, 0.2) is 18.2 Å². The van der Waals surface area contributed by atoms with E-state index in [1.807, 2.05) is 6.07 Å². The van der Waals surface area contributed by atoms with Gasteiger partial charge in [0.15, 0.2) is 0 Å². The van der Waals surface area contributed by atoms with E-state index in [2.05, 4.69) is 41.3 Å². The maximum atomic E-state index is 6.21. The minimum absolute atomic E-state index is 0.652. The Morgan fingerprint density at radius 3 is 2.81 bits per heavy atom. The lowest BCUT2D eigenvalue weighted by Crippen LogP contribution is -2.45. The van der Waals surface area contributed by atoms with Gasteiger partial charge in [-0.05, 0) is 63.5 Å². The molecular weight excluding hydrogens is 282 g/mol. The average molecular weight is 308 g/mol. The molecule has 1 aromatic rings. The summed E-state index contributed by atoms with van der Waals surface area (Å²) in [4.78, 5) is 4.89. The van der Waals surface area contributed by atoms with Gasteiger partial charge >= 0.3 is 0 Å². The van der Waals surface area contributed by atoms with Gasteiger partial charge in [0.25, 0.3) is 0 Å². The second-order valence-corrected chi connectivity index (χ2v) is 7.07. The van der Waals surface area contributed by atoms with Crippen molar-refractivity contribution in [3.8, 4) is 0 Å². The van der Waals surface area contributed by atoms with Crippen molar-refractivity contribution in [2.45, 2.75) is 44.3 Å². The third kappa shape index (κ3) is 3.91. The normalized spacial score (nSPS) is 22.9. The Balaban J connectivity index is 1.75. The molecule has 3 nitrogen and oxygen atoms in total. The lowest BCUT2D eigenvalue weighted by molar-refractivity contribution is 0.258. The maximum absolute atomic E-state index is 6.21. The molecule has 3 rings (SSSR count). The predicted molar refractivity (Wildman–Crippen MR) is 90.2 cm³/mol. The van der Waals surface area contributed by atoms with Crippen LogP contribution in [0.2, 0.25) is 5.02 Å². The van der Waals surface area contributed by atoms with Crippen LogP contribution < -0.4 is 10.2 Å².